The van der Waals surface area contributed by atoms with Crippen molar-refractivity contribution in [2.24, 2.45) is 5.41 Å². The second-order valence-corrected chi connectivity index (χ2v) is 11.0. The van der Waals surface area contributed by atoms with E-state index in [4.69, 9.17) is 4.98 Å². The maximum Gasteiger partial charge on any atom is 0.416 e. The van der Waals surface area contributed by atoms with Crippen LogP contribution in [0.3, 0.4) is 0 Å². The molecule has 2 fully saturated rings. The van der Waals surface area contributed by atoms with Gasteiger partial charge in [-0.2, -0.15) is 13.2 Å². The van der Waals surface area contributed by atoms with Crippen LogP contribution in [-0.4, -0.2) is 10.1 Å². The lowest BCUT2D eigenvalue weighted by Crippen LogP contribution is -2.38. The van der Waals surface area contributed by atoms with Crippen LogP contribution < -0.4 is 0 Å². The Morgan fingerprint density at radius 2 is 1.70 bits per heavy atom. The molecule has 5 rings (SSSR count). The molecule has 1 atom stereocenters. The monoisotopic (exact) mass is 457 g/mol. The highest BCUT2D eigenvalue weighted by Gasteiger charge is 2.45. The third-order valence-corrected chi connectivity index (χ3v) is 8.38. The topological polar surface area (TPSA) is 33.1 Å². The van der Waals surface area contributed by atoms with Crippen molar-refractivity contribution < 1.29 is 18.3 Å². The van der Waals surface area contributed by atoms with E-state index >= 15 is 0 Å². The number of pyridine rings is 1. The van der Waals surface area contributed by atoms with E-state index in [0.717, 1.165) is 53.8 Å². The van der Waals surface area contributed by atoms with E-state index in [2.05, 4.69) is 13.8 Å². The smallest absolute Gasteiger partial charge is 0.388 e. The number of hydrogen-bond donors (Lipinski definition) is 1. The van der Waals surface area contributed by atoms with E-state index in [0.29, 0.717) is 12.3 Å². The number of benzene rings is 1. The molecule has 5 heteroatoms. The van der Waals surface area contributed by atoms with E-state index in [1.807, 2.05) is 0 Å². The molecule has 0 aliphatic heterocycles. The third kappa shape index (κ3) is 4.22. The molecular formula is C28H34F3NO. The van der Waals surface area contributed by atoms with Crippen molar-refractivity contribution in [3.05, 3.63) is 63.5 Å². The minimum absolute atomic E-state index is 0.218. The van der Waals surface area contributed by atoms with Gasteiger partial charge in [0, 0.05) is 17.0 Å². The average molecular weight is 458 g/mol. The zero-order chi connectivity index (χ0) is 23.4. The first-order valence-corrected chi connectivity index (χ1v) is 12.6. The van der Waals surface area contributed by atoms with Gasteiger partial charge in [0.1, 0.15) is 0 Å². The molecule has 2 nitrogen and oxygen atoms in total. The fourth-order valence-electron chi connectivity index (χ4n) is 6.59. The Balaban J connectivity index is 1.62. The van der Waals surface area contributed by atoms with E-state index in [1.165, 1.54) is 49.8 Å². The lowest BCUT2D eigenvalue weighted by Gasteiger charge is -2.47. The van der Waals surface area contributed by atoms with Crippen LogP contribution in [0.4, 0.5) is 13.2 Å². The molecule has 1 aromatic heterocycles. The van der Waals surface area contributed by atoms with Gasteiger partial charge in [-0.1, -0.05) is 45.2 Å². The SMILES string of the molecule is CC(C)c1nc2c(c(C3CCCC3)c1Cc1ccc(C(F)(F)F)cc1)[C@@H](O)CC1(CCC1)C2. The Morgan fingerprint density at radius 1 is 1.03 bits per heavy atom. The highest BCUT2D eigenvalue weighted by molar-refractivity contribution is 5.49. The van der Waals surface area contributed by atoms with Crippen LogP contribution in [-0.2, 0) is 19.0 Å². The molecule has 3 aliphatic rings. The maximum absolute atomic E-state index is 13.1. The highest BCUT2D eigenvalue weighted by Crippen LogP contribution is 2.55. The summed E-state index contributed by atoms with van der Waals surface area (Å²) in [5, 5.41) is 11.4. The molecule has 0 bridgehead atoms. The van der Waals surface area contributed by atoms with Gasteiger partial charge in [0.2, 0.25) is 0 Å². The lowest BCUT2D eigenvalue weighted by molar-refractivity contribution is -0.137. The standard InChI is InChI=1S/C28H34F3NO/c1-17(2)26-21(14-18-8-10-20(11-9-18)28(29,30)31)24(19-6-3-4-7-19)25-22(32-26)15-27(12-5-13-27)16-23(25)33/h8-11,17,19,23,33H,3-7,12-16H2,1-2H3/t23-/m0/s1. The number of alkyl halides is 3. The summed E-state index contributed by atoms with van der Waals surface area (Å²) in [6, 6.07) is 5.57. The first-order valence-electron chi connectivity index (χ1n) is 12.6. The number of halogens is 3. The first-order chi connectivity index (χ1) is 15.7. The molecule has 0 amide bonds. The lowest BCUT2D eigenvalue weighted by atomic mass is 9.59. The minimum Gasteiger partial charge on any atom is -0.388 e. The van der Waals surface area contributed by atoms with Gasteiger partial charge in [-0.3, -0.25) is 4.98 Å². The molecule has 2 saturated carbocycles. The van der Waals surface area contributed by atoms with E-state index in [9.17, 15) is 18.3 Å². The van der Waals surface area contributed by atoms with E-state index < -0.39 is 17.8 Å². The Labute approximate surface area is 194 Å². The fourth-order valence-corrected chi connectivity index (χ4v) is 6.59. The number of nitrogens with zero attached hydrogens (tertiary/aromatic N) is 1. The van der Waals surface area contributed by atoms with E-state index in [-0.39, 0.29) is 11.3 Å². The fraction of sp³-hybridized carbons (Fsp3) is 0.607. The predicted molar refractivity (Wildman–Crippen MR) is 123 cm³/mol. The van der Waals surface area contributed by atoms with Crippen molar-refractivity contribution in [1.82, 2.24) is 4.98 Å². The van der Waals surface area contributed by atoms with Gasteiger partial charge in [-0.05, 0) is 91.0 Å². The maximum atomic E-state index is 13.1. The molecule has 0 radical (unpaired) electrons. The van der Waals surface area contributed by atoms with Gasteiger partial charge < -0.3 is 5.11 Å². The van der Waals surface area contributed by atoms with Gasteiger partial charge in [-0.15, -0.1) is 0 Å². The second-order valence-electron chi connectivity index (χ2n) is 11.0. The van der Waals surface area contributed by atoms with Crippen LogP contribution in [0.5, 0.6) is 0 Å². The van der Waals surface area contributed by atoms with Gasteiger partial charge in [-0.25, -0.2) is 0 Å². The minimum atomic E-state index is -4.33. The number of aromatic nitrogens is 1. The van der Waals surface area contributed by atoms with Crippen molar-refractivity contribution in [3.8, 4) is 0 Å². The Kier molecular flexibility index (Phi) is 5.83. The van der Waals surface area contributed by atoms with Gasteiger partial charge in [0.25, 0.3) is 0 Å². The molecule has 1 aromatic carbocycles. The van der Waals surface area contributed by atoms with Crippen LogP contribution in [0.25, 0.3) is 0 Å². The summed E-state index contributed by atoms with van der Waals surface area (Å²) in [6.45, 7) is 4.31. The second kappa shape index (κ2) is 8.41. The molecular weight excluding hydrogens is 423 g/mol. The number of fused-ring (bicyclic) bond motifs is 1. The Bertz CT molecular complexity index is 1010. The van der Waals surface area contributed by atoms with Crippen molar-refractivity contribution >= 4 is 0 Å². The molecule has 1 spiro atoms. The predicted octanol–water partition coefficient (Wildman–Crippen LogP) is 7.62. The number of aliphatic hydroxyl groups is 1. The van der Waals surface area contributed by atoms with Crippen LogP contribution in [0, 0.1) is 5.41 Å². The molecule has 0 unspecified atom stereocenters. The number of rotatable bonds is 4. The van der Waals surface area contributed by atoms with Crippen LogP contribution in [0.2, 0.25) is 0 Å². The molecule has 3 aliphatic carbocycles. The quantitative estimate of drug-likeness (QED) is 0.512. The third-order valence-electron chi connectivity index (χ3n) is 8.38. The highest BCUT2D eigenvalue weighted by atomic mass is 19.4. The Morgan fingerprint density at radius 3 is 2.24 bits per heavy atom. The van der Waals surface area contributed by atoms with Gasteiger partial charge in [0.15, 0.2) is 0 Å². The molecule has 178 valence electrons. The summed E-state index contributed by atoms with van der Waals surface area (Å²) in [5.74, 6) is 0.630. The van der Waals surface area contributed by atoms with Crippen LogP contribution in [0.15, 0.2) is 24.3 Å². The van der Waals surface area contributed by atoms with Crippen molar-refractivity contribution in [2.45, 2.75) is 102 Å². The first kappa shape index (κ1) is 22.9. The molecule has 2 aromatic rings. The Hall–Kier alpha value is -1.88. The summed E-state index contributed by atoms with van der Waals surface area (Å²) in [5.41, 5.74) is 6.12. The van der Waals surface area contributed by atoms with Crippen molar-refractivity contribution in [3.63, 3.8) is 0 Å². The molecule has 33 heavy (non-hydrogen) atoms. The molecule has 1 N–H and O–H groups in total. The zero-order valence-electron chi connectivity index (χ0n) is 19.6. The average Bonchev–Trinajstić information content (AvgIpc) is 3.26. The molecule has 1 heterocycles. The normalized spacial score (nSPS) is 22.6. The van der Waals surface area contributed by atoms with Crippen molar-refractivity contribution in [1.29, 1.82) is 0 Å². The van der Waals surface area contributed by atoms with Crippen LogP contribution in [0.1, 0.15) is 122 Å². The summed E-state index contributed by atoms with van der Waals surface area (Å²) >= 11 is 0. The van der Waals surface area contributed by atoms with E-state index in [1.54, 1.807) is 12.1 Å². The number of aliphatic hydroxyl groups excluding tert-OH is 1. The summed E-state index contributed by atoms with van der Waals surface area (Å²) in [4.78, 5) is 5.19. The van der Waals surface area contributed by atoms with Gasteiger partial charge >= 0.3 is 6.18 Å². The summed E-state index contributed by atoms with van der Waals surface area (Å²) in [7, 11) is 0. The molecule has 0 saturated heterocycles. The summed E-state index contributed by atoms with van der Waals surface area (Å²) < 4.78 is 39.2. The zero-order valence-corrected chi connectivity index (χ0v) is 19.6. The van der Waals surface area contributed by atoms with Gasteiger partial charge in [0.05, 0.1) is 11.7 Å². The number of hydrogen-bond acceptors (Lipinski definition) is 2. The van der Waals surface area contributed by atoms with Crippen LogP contribution >= 0.6 is 0 Å². The summed E-state index contributed by atoms with van der Waals surface area (Å²) in [6.07, 6.45) is 5.74. The van der Waals surface area contributed by atoms with Crippen molar-refractivity contribution in [2.75, 3.05) is 0 Å². The largest absolute Gasteiger partial charge is 0.416 e.